The number of anilines is 1. The number of benzene rings is 1. The lowest BCUT2D eigenvalue weighted by Crippen LogP contribution is -2.41. The van der Waals surface area contributed by atoms with E-state index in [0.29, 0.717) is 50.2 Å². The van der Waals surface area contributed by atoms with E-state index in [1.54, 1.807) is 23.1 Å². The van der Waals surface area contributed by atoms with Crippen LogP contribution >= 0.6 is 0 Å². The van der Waals surface area contributed by atoms with Crippen LogP contribution in [0.15, 0.2) is 34.5 Å². The van der Waals surface area contributed by atoms with E-state index in [9.17, 15) is 9.59 Å². The fourth-order valence-corrected chi connectivity index (χ4v) is 2.75. The standard InChI is InChI=1S/C18H20N4O3/c1-2-3-7-18(20-21-18)8-9-19-17(24)14-5-4-6-15(12-14)22-10-11-25-13-16(22)23/h1,4-6,12H,3,7-11,13H2,(H,19,24). The normalized spacial score (nSPS) is 17.9. The van der Waals surface area contributed by atoms with Gasteiger partial charge in [-0.1, -0.05) is 6.07 Å². The van der Waals surface area contributed by atoms with Crippen molar-refractivity contribution in [3.05, 3.63) is 29.8 Å². The van der Waals surface area contributed by atoms with Crippen molar-refractivity contribution in [2.24, 2.45) is 10.2 Å². The fourth-order valence-electron chi connectivity index (χ4n) is 2.75. The lowest BCUT2D eigenvalue weighted by atomic mass is 10.0. The molecular formula is C18H20N4O3. The summed E-state index contributed by atoms with van der Waals surface area (Å²) in [7, 11) is 0. The molecule has 1 saturated heterocycles. The monoisotopic (exact) mass is 340 g/mol. The summed E-state index contributed by atoms with van der Waals surface area (Å²) in [6.07, 6.45) is 7.24. The average Bonchev–Trinajstić information content (AvgIpc) is 3.40. The Kier molecular flexibility index (Phi) is 5.10. The van der Waals surface area contributed by atoms with Gasteiger partial charge in [0.2, 0.25) is 0 Å². The molecule has 3 rings (SSSR count). The third-order valence-electron chi connectivity index (χ3n) is 4.27. The molecule has 1 fully saturated rings. The molecule has 1 aromatic rings. The summed E-state index contributed by atoms with van der Waals surface area (Å²) < 4.78 is 5.13. The SMILES string of the molecule is C#CCCC1(CCNC(=O)c2cccc(N3CCOCC3=O)c2)N=N1. The van der Waals surface area contributed by atoms with Gasteiger partial charge in [0.1, 0.15) is 6.61 Å². The molecule has 1 aromatic carbocycles. The largest absolute Gasteiger partial charge is 0.370 e. The minimum atomic E-state index is -0.401. The molecule has 2 aliphatic rings. The van der Waals surface area contributed by atoms with E-state index in [1.807, 2.05) is 6.07 Å². The maximum Gasteiger partial charge on any atom is 0.253 e. The Morgan fingerprint density at radius 1 is 1.40 bits per heavy atom. The topological polar surface area (TPSA) is 83.4 Å². The highest BCUT2D eigenvalue weighted by Gasteiger charge is 2.38. The van der Waals surface area contributed by atoms with Crippen LogP contribution in [0, 0.1) is 12.3 Å². The summed E-state index contributed by atoms with van der Waals surface area (Å²) in [5, 5.41) is 11.0. The molecule has 0 atom stereocenters. The molecule has 0 saturated carbocycles. The van der Waals surface area contributed by atoms with Crippen molar-refractivity contribution < 1.29 is 14.3 Å². The van der Waals surface area contributed by atoms with E-state index < -0.39 is 5.66 Å². The maximum atomic E-state index is 12.3. The average molecular weight is 340 g/mol. The zero-order chi connectivity index (χ0) is 17.7. The summed E-state index contributed by atoms with van der Waals surface area (Å²) in [6, 6.07) is 7.03. The van der Waals surface area contributed by atoms with Gasteiger partial charge in [-0.25, -0.2) is 0 Å². The van der Waals surface area contributed by atoms with Crippen molar-refractivity contribution in [1.82, 2.24) is 5.32 Å². The van der Waals surface area contributed by atoms with E-state index in [2.05, 4.69) is 21.5 Å². The van der Waals surface area contributed by atoms with Gasteiger partial charge in [0, 0.05) is 43.6 Å². The molecule has 0 spiro atoms. The van der Waals surface area contributed by atoms with Crippen molar-refractivity contribution in [3.8, 4) is 12.3 Å². The second kappa shape index (κ2) is 7.45. The number of nitrogens with zero attached hydrogens (tertiary/aromatic N) is 3. The van der Waals surface area contributed by atoms with E-state index in [-0.39, 0.29) is 18.4 Å². The van der Waals surface area contributed by atoms with Gasteiger partial charge in [0.25, 0.3) is 11.8 Å². The van der Waals surface area contributed by atoms with Gasteiger partial charge < -0.3 is 15.0 Å². The van der Waals surface area contributed by atoms with Crippen LogP contribution < -0.4 is 10.2 Å². The third kappa shape index (κ3) is 4.22. The van der Waals surface area contributed by atoms with E-state index in [4.69, 9.17) is 11.2 Å². The zero-order valence-electron chi connectivity index (χ0n) is 13.9. The second-order valence-corrected chi connectivity index (χ2v) is 6.04. The first-order valence-electron chi connectivity index (χ1n) is 8.27. The first-order valence-corrected chi connectivity index (χ1v) is 8.27. The van der Waals surface area contributed by atoms with E-state index in [0.717, 1.165) is 0 Å². The predicted octanol–water partition coefficient (Wildman–Crippen LogP) is 1.75. The summed E-state index contributed by atoms with van der Waals surface area (Å²) in [4.78, 5) is 25.9. The smallest absolute Gasteiger partial charge is 0.253 e. The van der Waals surface area contributed by atoms with Crippen LogP contribution in [-0.4, -0.2) is 43.8 Å². The molecule has 130 valence electrons. The van der Waals surface area contributed by atoms with Crippen molar-refractivity contribution in [2.45, 2.75) is 24.9 Å². The van der Waals surface area contributed by atoms with Crippen molar-refractivity contribution in [2.75, 3.05) is 31.2 Å². The van der Waals surface area contributed by atoms with Gasteiger partial charge in [-0.2, -0.15) is 10.2 Å². The Hall–Kier alpha value is -2.72. The van der Waals surface area contributed by atoms with Crippen molar-refractivity contribution >= 4 is 17.5 Å². The van der Waals surface area contributed by atoms with Crippen LogP contribution in [0.4, 0.5) is 5.69 Å². The van der Waals surface area contributed by atoms with Gasteiger partial charge in [-0.15, -0.1) is 12.3 Å². The van der Waals surface area contributed by atoms with Crippen LogP contribution in [0.25, 0.3) is 0 Å². The van der Waals surface area contributed by atoms with Crippen LogP contribution in [0.1, 0.15) is 29.6 Å². The number of amides is 2. The van der Waals surface area contributed by atoms with E-state index >= 15 is 0 Å². The van der Waals surface area contributed by atoms with Gasteiger partial charge in [0.05, 0.1) is 6.61 Å². The van der Waals surface area contributed by atoms with Crippen molar-refractivity contribution in [3.63, 3.8) is 0 Å². The molecule has 0 unspecified atom stereocenters. The highest BCUT2D eigenvalue weighted by molar-refractivity contribution is 5.98. The Morgan fingerprint density at radius 3 is 2.96 bits per heavy atom. The Morgan fingerprint density at radius 2 is 2.24 bits per heavy atom. The summed E-state index contributed by atoms with van der Waals surface area (Å²) in [5.41, 5.74) is 0.819. The molecule has 0 aromatic heterocycles. The van der Waals surface area contributed by atoms with Gasteiger partial charge in [-0.05, 0) is 18.2 Å². The lowest BCUT2D eigenvalue weighted by molar-refractivity contribution is -0.125. The number of carbonyl (C=O) groups excluding carboxylic acids is 2. The number of hydrogen-bond acceptors (Lipinski definition) is 5. The number of ether oxygens (including phenoxy) is 1. The Balaban J connectivity index is 1.55. The van der Waals surface area contributed by atoms with Crippen LogP contribution in [0.3, 0.4) is 0 Å². The molecule has 0 bridgehead atoms. The number of rotatable bonds is 7. The van der Waals surface area contributed by atoms with Gasteiger partial charge in [0.15, 0.2) is 5.66 Å². The minimum Gasteiger partial charge on any atom is -0.370 e. The first kappa shape index (κ1) is 17.1. The highest BCUT2D eigenvalue weighted by Crippen LogP contribution is 2.36. The summed E-state index contributed by atoms with van der Waals surface area (Å²) >= 11 is 0. The quantitative estimate of drug-likeness (QED) is 0.768. The number of terminal acetylenes is 1. The molecule has 0 radical (unpaired) electrons. The van der Waals surface area contributed by atoms with Crippen molar-refractivity contribution in [1.29, 1.82) is 0 Å². The molecule has 2 aliphatic heterocycles. The zero-order valence-corrected chi connectivity index (χ0v) is 13.9. The molecular weight excluding hydrogens is 320 g/mol. The predicted molar refractivity (Wildman–Crippen MR) is 92.2 cm³/mol. The maximum absolute atomic E-state index is 12.3. The number of nitrogens with one attached hydrogen (secondary N) is 1. The van der Waals surface area contributed by atoms with Gasteiger partial charge in [-0.3, -0.25) is 9.59 Å². The summed E-state index contributed by atoms with van der Waals surface area (Å²) in [6.45, 7) is 1.53. The van der Waals surface area contributed by atoms with Crippen LogP contribution in [0.2, 0.25) is 0 Å². The Bertz CT molecular complexity index is 732. The van der Waals surface area contributed by atoms with Gasteiger partial charge >= 0.3 is 0 Å². The lowest BCUT2D eigenvalue weighted by Gasteiger charge is -2.27. The second-order valence-electron chi connectivity index (χ2n) is 6.04. The minimum absolute atomic E-state index is 0.0726. The molecule has 25 heavy (non-hydrogen) atoms. The summed E-state index contributed by atoms with van der Waals surface area (Å²) in [5.74, 6) is 2.30. The molecule has 1 N–H and O–H groups in total. The first-order chi connectivity index (χ1) is 12.1. The number of morpholine rings is 1. The van der Waals surface area contributed by atoms with Crippen LogP contribution in [-0.2, 0) is 9.53 Å². The molecule has 7 nitrogen and oxygen atoms in total. The molecule has 7 heteroatoms. The molecule has 2 amide bonds. The molecule has 0 aliphatic carbocycles. The number of hydrogen-bond donors (Lipinski definition) is 1. The Labute approximate surface area is 146 Å². The third-order valence-corrected chi connectivity index (χ3v) is 4.27. The number of carbonyl (C=O) groups is 2. The molecule has 2 heterocycles. The van der Waals surface area contributed by atoms with E-state index in [1.165, 1.54) is 0 Å². The highest BCUT2D eigenvalue weighted by atomic mass is 16.5. The van der Waals surface area contributed by atoms with Crippen LogP contribution in [0.5, 0.6) is 0 Å². The fraction of sp³-hybridized carbons (Fsp3) is 0.444.